The van der Waals surface area contributed by atoms with E-state index in [1.54, 1.807) is 0 Å². The molecule has 0 aliphatic heterocycles. The van der Waals surface area contributed by atoms with Gasteiger partial charge in [0.15, 0.2) is 0 Å². The van der Waals surface area contributed by atoms with Crippen molar-refractivity contribution >= 4 is 5.82 Å². The molecule has 0 radical (unpaired) electrons. The Morgan fingerprint density at radius 1 is 1.05 bits per heavy atom. The zero-order valence-electron chi connectivity index (χ0n) is 13.5. The third-order valence-electron chi connectivity index (χ3n) is 3.64. The molecule has 2 rings (SSSR count). The molecule has 1 aromatic carbocycles. The van der Waals surface area contributed by atoms with E-state index in [0.29, 0.717) is 0 Å². The SMILES string of the molecule is CCCc1cccc(-c2nc(CCC)nc(NC)c2C)c1. The number of aromatic nitrogens is 2. The van der Waals surface area contributed by atoms with Gasteiger partial charge in [-0.05, 0) is 31.4 Å². The van der Waals surface area contributed by atoms with E-state index in [2.05, 4.69) is 55.3 Å². The highest BCUT2D eigenvalue weighted by Gasteiger charge is 2.12. The van der Waals surface area contributed by atoms with Gasteiger partial charge in [-0.3, -0.25) is 0 Å². The van der Waals surface area contributed by atoms with Crippen LogP contribution < -0.4 is 5.32 Å². The topological polar surface area (TPSA) is 37.8 Å². The van der Waals surface area contributed by atoms with Crippen LogP contribution in [0.15, 0.2) is 24.3 Å². The predicted molar refractivity (Wildman–Crippen MR) is 89.7 cm³/mol. The van der Waals surface area contributed by atoms with Gasteiger partial charge < -0.3 is 5.32 Å². The van der Waals surface area contributed by atoms with Crippen LogP contribution in [-0.4, -0.2) is 17.0 Å². The second-order valence-electron chi connectivity index (χ2n) is 5.41. The molecule has 0 bridgehead atoms. The molecule has 0 atom stereocenters. The summed E-state index contributed by atoms with van der Waals surface area (Å²) < 4.78 is 0. The number of nitrogens with zero attached hydrogens (tertiary/aromatic N) is 2. The standard InChI is InChI=1S/C18H25N3/c1-5-8-14-10-7-11-15(12-14)17-13(3)18(19-4)21-16(20-17)9-6-2/h7,10-12H,5-6,8-9H2,1-4H3,(H,19,20,21). The minimum atomic E-state index is 0.913. The van der Waals surface area contributed by atoms with Gasteiger partial charge in [0.1, 0.15) is 11.6 Å². The molecule has 21 heavy (non-hydrogen) atoms. The molecule has 1 aromatic heterocycles. The summed E-state index contributed by atoms with van der Waals surface area (Å²) in [5.41, 5.74) is 4.73. The molecule has 1 N–H and O–H groups in total. The predicted octanol–water partition coefficient (Wildman–Crippen LogP) is 4.40. The van der Waals surface area contributed by atoms with E-state index in [1.165, 1.54) is 11.1 Å². The van der Waals surface area contributed by atoms with Crippen molar-refractivity contribution in [2.45, 2.75) is 46.5 Å². The lowest BCUT2D eigenvalue weighted by Gasteiger charge is -2.13. The first-order valence-electron chi connectivity index (χ1n) is 7.84. The minimum absolute atomic E-state index is 0.913. The monoisotopic (exact) mass is 283 g/mol. The summed E-state index contributed by atoms with van der Waals surface area (Å²) in [4.78, 5) is 9.39. The molecule has 0 saturated heterocycles. The first-order chi connectivity index (χ1) is 10.2. The van der Waals surface area contributed by atoms with Crippen LogP contribution in [0, 0.1) is 6.92 Å². The van der Waals surface area contributed by atoms with Crippen LogP contribution in [0.2, 0.25) is 0 Å². The Bertz CT molecular complexity index is 605. The average molecular weight is 283 g/mol. The number of aryl methyl sites for hydroxylation is 2. The van der Waals surface area contributed by atoms with Crippen molar-refractivity contribution in [2.75, 3.05) is 12.4 Å². The number of hydrogen-bond acceptors (Lipinski definition) is 3. The molecule has 0 fully saturated rings. The van der Waals surface area contributed by atoms with Crippen molar-refractivity contribution in [3.8, 4) is 11.3 Å². The van der Waals surface area contributed by atoms with Crippen molar-refractivity contribution in [3.63, 3.8) is 0 Å². The smallest absolute Gasteiger partial charge is 0.132 e. The molecule has 0 aliphatic rings. The van der Waals surface area contributed by atoms with E-state index < -0.39 is 0 Å². The Morgan fingerprint density at radius 2 is 1.81 bits per heavy atom. The van der Waals surface area contributed by atoms with Gasteiger partial charge in [-0.2, -0.15) is 0 Å². The fourth-order valence-corrected chi connectivity index (χ4v) is 2.59. The lowest BCUT2D eigenvalue weighted by Crippen LogP contribution is -2.05. The first kappa shape index (κ1) is 15.5. The summed E-state index contributed by atoms with van der Waals surface area (Å²) in [6.45, 7) is 6.45. The Hall–Kier alpha value is -1.90. The van der Waals surface area contributed by atoms with Crippen LogP contribution in [0.3, 0.4) is 0 Å². The summed E-state index contributed by atoms with van der Waals surface area (Å²) in [6, 6.07) is 8.72. The third-order valence-corrected chi connectivity index (χ3v) is 3.64. The zero-order chi connectivity index (χ0) is 15.2. The van der Waals surface area contributed by atoms with Gasteiger partial charge in [0, 0.05) is 24.6 Å². The molecule has 3 heteroatoms. The molecule has 0 aliphatic carbocycles. The highest BCUT2D eigenvalue weighted by Crippen LogP contribution is 2.27. The maximum Gasteiger partial charge on any atom is 0.132 e. The van der Waals surface area contributed by atoms with Gasteiger partial charge >= 0.3 is 0 Å². The van der Waals surface area contributed by atoms with Crippen molar-refractivity contribution in [1.82, 2.24) is 9.97 Å². The summed E-state index contributed by atoms with van der Waals surface area (Å²) in [5, 5.41) is 3.19. The lowest BCUT2D eigenvalue weighted by molar-refractivity contribution is 0.834. The summed E-state index contributed by atoms with van der Waals surface area (Å²) in [6.07, 6.45) is 4.24. The maximum atomic E-state index is 4.79. The summed E-state index contributed by atoms with van der Waals surface area (Å²) in [5.74, 6) is 1.85. The molecule has 1 heterocycles. The fraction of sp³-hybridized carbons (Fsp3) is 0.444. The van der Waals surface area contributed by atoms with Gasteiger partial charge in [0.25, 0.3) is 0 Å². The Balaban J connectivity index is 2.50. The Labute approximate surface area is 127 Å². The first-order valence-corrected chi connectivity index (χ1v) is 7.84. The van der Waals surface area contributed by atoms with E-state index >= 15 is 0 Å². The van der Waals surface area contributed by atoms with Crippen LogP contribution in [0.5, 0.6) is 0 Å². The van der Waals surface area contributed by atoms with Crippen LogP contribution in [0.1, 0.15) is 43.6 Å². The van der Waals surface area contributed by atoms with Crippen LogP contribution in [0.4, 0.5) is 5.82 Å². The largest absolute Gasteiger partial charge is 0.373 e. The van der Waals surface area contributed by atoms with Gasteiger partial charge in [-0.1, -0.05) is 38.5 Å². The van der Waals surface area contributed by atoms with Crippen LogP contribution in [-0.2, 0) is 12.8 Å². The van der Waals surface area contributed by atoms with Crippen molar-refractivity contribution in [2.24, 2.45) is 0 Å². The number of anilines is 1. The lowest BCUT2D eigenvalue weighted by atomic mass is 10.0. The van der Waals surface area contributed by atoms with Crippen LogP contribution in [0.25, 0.3) is 11.3 Å². The Kier molecular flexibility index (Phi) is 5.32. The van der Waals surface area contributed by atoms with Crippen molar-refractivity contribution in [1.29, 1.82) is 0 Å². The molecule has 112 valence electrons. The van der Waals surface area contributed by atoms with Gasteiger partial charge in [-0.15, -0.1) is 0 Å². The molecule has 0 saturated carbocycles. The third kappa shape index (κ3) is 3.60. The molecule has 0 spiro atoms. The van der Waals surface area contributed by atoms with E-state index in [0.717, 1.165) is 48.6 Å². The zero-order valence-corrected chi connectivity index (χ0v) is 13.5. The van der Waals surface area contributed by atoms with E-state index in [4.69, 9.17) is 4.98 Å². The quantitative estimate of drug-likeness (QED) is 0.854. The second-order valence-corrected chi connectivity index (χ2v) is 5.41. The van der Waals surface area contributed by atoms with E-state index in [-0.39, 0.29) is 0 Å². The van der Waals surface area contributed by atoms with Gasteiger partial charge in [0.2, 0.25) is 0 Å². The second kappa shape index (κ2) is 7.21. The summed E-state index contributed by atoms with van der Waals surface area (Å²) >= 11 is 0. The van der Waals surface area contributed by atoms with E-state index in [9.17, 15) is 0 Å². The van der Waals surface area contributed by atoms with Gasteiger partial charge in [-0.25, -0.2) is 9.97 Å². The normalized spacial score (nSPS) is 10.7. The van der Waals surface area contributed by atoms with E-state index in [1.807, 2.05) is 7.05 Å². The highest BCUT2D eigenvalue weighted by molar-refractivity contribution is 5.68. The minimum Gasteiger partial charge on any atom is -0.373 e. The number of nitrogens with one attached hydrogen (secondary N) is 1. The summed E-state index contributed by atoms with van der Waals surface area (Å²) in [7, 11) is 1.92. The molecular weight excluding hydrogens is 258 g/mol. The highest BCUT2D eigenvalue weighted by atomic mass is 15.0. The average Bonchev–Trinajstić information content (AvgIpc) is 2.49. The van der Waals surface area contributed by atoms with Gasteiger partial charge in [0.05, 0.1) is 5.69 Å². The number of benzene rings is 1. The molecule has 0 unspecified atom stereocenters. The van der Waals surface area contributed by atoms with Crippen molar-refractivity contribution in [3.05, 3.63) is 41.2 Å². The fourth-order valence-electron chi connectivity index (χ4n) is 2.59. The molecule has 0 amide bonds. The van der Waals surface area contributed by atoms with Crippen LogP contribution >= 0.6 is 0 Å². The molecule has 2 aromatic rings. The molecular formula is C18H25N3. The Morgan fingerprint density at radius 3 is 2.48 bits per heavy atom. The van der Waals surface area contributed by atoms with Crippen molar-refractivity contribution < 1.29 is 0 Å². The maximum absolute atomic E-state index is 4.79. The number of hydrogen-bond donors (Lipinski definition) is 1. The molecule has 3 nitrogen and oxygen atoms in total. The number of rotatable bonds is 6.